The second kappa shape index (κ2) is 10.5. The number of fused-ring (bicyclic) bond motifs is 1. The topological polar surface area (TPSA) is 54.7 Å². The maximum absolute atomic E-state index is 6.33. The van der Waals surface area contributed by atoms with Gasteiger partial charge in [-0.3, -0.25) is 0 Å². The Labute approximate surface area is 188 Å². The van der Waals surface area contributed by atoms with Crippen molar-refractivity contribution in [2.45, 2.75) is 83.8 Å². The molecule has 7 heteroatoms. The fourth-order valence-corrected chi connectivity index (χ4v) is 5.01. The quantitative estimate of drug-likeness (QED) is 0.333. The van der Waals surface area contributed by atoms with Gasteiger partial charge in [0.05, 0.1) is 31.0 Å². The third kappa shape index (κ3) is 6.54. The minimum atomic E-state index is -1.74. The first kappa shape index (κ1) is 24.2. The second-order valence-corrected chi connectivity index (χ2v) is 14.9. The van der Waals surface area contributed by atoms with Crippen LogP contribution in [0.5, 0.6) is 5.75 Å². The molecule has 1 aliphatic rings. The molecule has 1 aromatic heterocycles. The molecule has 1 aliphatic heterocycles. The Morgan fingerprint density at radius 1 is 1.23 bits per heavy atom. The summed E-state index contributed by atoms with van der Waals surface area (Å²) in [6.07, 6.45) is 6.27. The fraction of sp³-hybridized carbons (Fsp3) is 0.708. The van der Waals surface area contributed by atoms with Gasteiger partial charge >= 0.3 is 0 Å². The molecular formula is C24H40N2O4Si. The van der Waals surface area contributed by atoms with E-state index in [1.54, 1.807) is 0 Å². The lowest BCUT2D eigenvalue weighted by Crippen LogP contribution is -2.44. The highest BCUT2D eigenvalue weighted by atomic mass is 28.4. The van der Waals surface area contributed by atoms with Crippen LogP contribution in [-0.2, 0) is 13.9 Å². The van der Waals surface area contributed by atoms with Crippen molar-refractivity contribution in [2.75, 3.05) is 26.4 Å². The van der Waals surface area contributed by atoms with Crippen LogP contribution < -0.4 is 4.74 Å². The van der Waals surface area contributed by atoms with Crippen molar-refractivity contribution in [3.05, 3.63) is 24.4 Å². The van der Waals surface area contributed by atoms with Crippen LogP contribution in [0.2, 0.25) is 18.1 Å². The van der Waals surface area contributed by atoms with Crippen LogP contribution >= 0.6 is 0 Å². The largest absolute Gasteiger partial charge is 0.493 e. The summed E-state index contributed by atoms with van der Waals surface area (Å²) in [5.41, 5.74) is 1.10. The molecule has 2 atom stereocenters. The summed E-state index contributed by atoms with van der Waals surface area (Å²) >= 11 is 0. The van der Waals surface area contributed by atoms with Gasteiger partial charge in [0.25, 0.3) is 0 Å². The molecule has 0 amide bonds. The lowest BCUT2D eigenvalue weighted by Gasteiger charge is -2.38. The van der Waals surface area contributed by atoms with Crippen LogP contribution in [0.1, 0.15) is 59.6 Å². The van der Waals surface area contributed by atoms with Gasteiger partial charge in [0, 0.05) is 25.0 Å². The van der Waals surface area contributed by atoms with E-state index in [0.717, 1.165) is 42.5 Å². The zero-order valence-electron chi connectivity index (χ0n) is 20.1. The number of nitrogens with zero attached hydrogens (tertiary/aromatic N) is 2. The van der Waals surface area contributed by atoms with E-state index in [1.807, 2.05) is 16.9 Å². The molecule has 0 N–H and O–H groups in total. The average Bonchev–Trinajstić information content (AvgIpc) is 3.13. The standard InChI is InChI=1S/C24H40N2O4Si/c1-19(30-31(5,6)24(2,3)4)18-27-13-9-15-28-21-11-12-22-20(16-21)17-25-26(22)23-10-7-8-14-29-23/h11-12,16-17,19,23H,7-10,13-15,18H2,1-6H3. The molecule has 1 saturated heterocycles. The number of ether oxygens (including phenoxy) is 3. The predicted octanol–water partition coefficient (Wildman–Crippen LogP) is 5.93. The van der Waals surface area contributed by atoms with E-state index < -0.39 is 8.32 Å². The first-order valence-electron chi connectivity index (χ1n) is 11.6. The molecular weight excluding hydrogens is 408 g/mol. The normalized spacial score (nSPS) is 19.0. The molecule has 6 nitrogen and oxygen atoms in total. The number of benzene rings is 1. The van der Waals surface area contributed by atoms with Crippen molar-refractivity contribution in [1.82, 2.24) is 9.78 Å². The second-order valence-electron chi connectivity index (χ2n) is 10.1. The molecule has 0 saturated carbocycles. The Morgan fingerprint density at radius 2 is 2.03 bits per heavy atom. The summed E-state index contributed by atoms with van der Waals surface area (Å²) in [6, 6.07) is 6.14. The van der Waals surface area contributed by atoms with Crippen molar-refractivity contribution in [2.24, 2.45) is 0 Å². The summed E-state index contributed by atoms with van der Waals surface area (Å²) in [6.45, 7) is 16.2. The molecule has 0 bridgehead atoms. The number of hydrogen-bond acceptors (Lipinski definition) is 5. The van der Waals surface area contributed by atoms with E-state index >= 15 is 0 Å². The number of hydrogen-bond donors (Lipinski definition) is 0. The molecule has 0 aliphatic carbocycles. The highest BCUT2D eigenvalue weighted by Gasteiger charge is 2.38. The molecule has 2 unspecified atom stereocenters. The molecule has 0 spiro atoms. The third-order valence-electron chi connectivity index (χ3n) is 6.35. The van der Waals surface area contributed by atoms with Gasteiger partial charge in [-0.05, 0) is 62.5 Å². The molecule has 0 radical (unpaired) electrons. The molecule has 2 aromatic rings. The van der Waals surface area contributed by atoms with Gasteiger partial charge in [-0.25, -0.2) is 4.68 Å². The molecule has 3 rings (SSSR count). The first-order valence-corrected chi connectivity index (χ1v) is 14.6. The van der Waals surface area contributed by atoms with Gasteiger partial charge in [-0.1, -0.05) is 20.8 Å². The Hall–Kier alpha value is -1.41. The fourth-order valence-electron chi connectivity index (χ4n) is 3.58. The van der Waals surface area contributed by atoms with Crippen LogP contribution in [0.4, 0.5) is 0 Å². The summed E-state index contributed by atoms with van der Waals surface area (Å²) in [7, 11) is -1.74. The van der Waals surface area contributed by atoms with E-state index in [4.69, 9.17) is 18.6 Å². The van der Waals surface area contributed by atoms with Crippen molar-refractivity contribution >= 4 is 19.2 Å². The zero-order valence-corrected chi connectivity index (χ0v) is 21.1. The molecule has 1 fully saturated rings. The van der Waals surface area contributed by atoms with Gasteiger partial charge in [-0.15, -0.1) is 0 Å². The van der Waals surface area contributed by atoms with Crippen molar-refractivity contribution in [1.29, 1.82) is 0 Å². The van der Waals surface area contributed by atoms with Crippen molar-refractivity contribution in [3.8, 4) is 5.75 Å². The summed E-state index contributed by atoms with van der Waals surface area (Å²) in [5, 5.41) is 5.85. The SMILES string of the molecule is CC(COCCCOc1ccc2c(cnn2C2CCCCO2)c1)O[Si](C)(C)C(C)(C)C. The van der Waals surface area contributed by atoms with E-state index in [2.05, 4.69) is 58.0 Å². The number of rotatable bonds is 10. The van der Waals surface area contributed by atoms with Crippen LogP contribution in [0.3, 0.4) is 0 Å². The van der Waals surface area contributed by atoms with Gasteiger partial charge in [0.1, 0.15) is 5.75 Å². The first-order chi connectivity index (χ1) is 14.7. The molecule has 1 aromatic carbocycles. The van der Waals surface area contributed by atoms with E-state index in [0.29, 0.717) is 19.8 Å². The minimum absolute atomic E-state index is 0.0539. The van der Waals surface area contributed by atoms with Crippen LogP contribution in [0, 0.1) is 0 Å². The molecule has 31 heavy (non-hydrogen) atoms. The van der Waals surface area contributed by atoms with Crippen LogP contribution in [-0.4, -0.2) is 50.6 Å². The minimum Gasteiger partial charge on any atom is -0.493 e. The Balaban J connectivity index is 1.38. The zero-order chi connectivity index (χ0) is 22.5. The summed E-state index contributed by atoms with van der Waals surface area (Å²) < 4.78 is 26.0. The average molecular weight is 449 g/mol. The van der Waals surface area contributed by atoms with Crippen molar-refractivity contribution < 1.29 is 18.6 Å². The Bertz CT molecular complexity index is 825. The number of aromatic nitrogens is 2. The maximum Gasteiger partial charge on any atom is 0.192 e. The van der Waals surface area contributed by atoms with Crippen LogP contribution in [0.15, 0.2) is 24.4 Å². The lowest BCUT2D eigenvalue weighted by molar-refractivity contribution is -0.0366. The maximum atomic E-state index is 6.33. The smallest absolute Gasteiger partial charge is 0.192 e. The summed E-state index contributed by atoms with van der Waals surface area (Å²) in [4.78, 5) is 0. The van der Waals surface area contributed by atoms with E-state index in [1.165, 1.54) is 6.42 Å². The Morgan fingerprint density at radius 3 is 2.74 bits per heavy atom. The highest BCUT2D eigenvalue weighted by molar-refractivity contribution is 6.74. The van der Waals surface area contributed by atoms with Crippen LogP contribution in [0.25, 0.3) is 10.9 Å². The molecule has 2 heterocycles. The van der Waals surface area contributed by atoms with Gasteiger partial charge in [0.15, 0.2) is 14.5 Å². The van der Waals surface area contributed by atoms with Gasteiger partial charge in [-0.2, -0.15) is 5.10 Å². The predicted molar refractivity (Wildman–Crippen MR) is 127 cm³/mol. The summed E-state index contributed by atoms with van der Waals surface area (Å²) in [5.74, 6) is 0.867. The Kier molecular flexibility index (Phi) is 8.18. The molecule has 174 valence electrons. The highest BCUT2D eigenvalue weighted by Crippen LogP contribution is 2.37. The lowest BCUT2D eigenvalue weighted by atomic mass is 10.2. The third-order valence-corrected chi connectivity index (χ3v) is 11.0. The van der Waals surface area contributed by atoms with Gasteiger partial charge in [0.2, 0.25) is 0 Å². The van der Waals surface area contributed by atoms with E-state index in [-0.39, 0.29) is 17.4 Å². The van der Waals surface area contributed by atoms with E-state index in [9.17, 15) is 0 Å². The van der Waals surface area contributed by atoms with Gasteiger partial charge < -0.3 is 18.6 Å². The van der Waals surface area contributed by atoms with Crippen molar-refractivity contribution in [3.63, 3.8) is 0 Å². The monoisotopic (exact) mass is 448 g/mol.